The third-order valence-corrected chi connectivity index (χ3v) is 4.68. The smallest absolute Gasteiger partial charge is 0.255 e. The Morgan fingerprint density at radius 2 is 2.11 bits per heavy atom. The molecule has 0 saturated carbocycles. The minimum atomic E-state index is -0.286. The number of rotatable bonds is 4. The van der Waals surface area contributed by atoms with Crippen LogP contribution in [0.5, 0.6) is 11.5 Å². The minimum absolute atomic E-state index is 0.286. The topological polar surface area (TPSA) is 78.3 Å². The summed E-state index contributed by atoms with van der Waals surface area (Å²) in [6, 6.07) is 10.7. The third-order valence-electron chi connectivity index (χ3n) is 4.40. The van der Waals surface area contributed by atoms with E-state index in [1.807, 2.05) is 35.8 Å². The molecule has 4 rings (SSSR count). The highest BCUT2D eigenvalue weighted by Gasteiger charge is 2.19. The number of hydrogen-bond acceptors (Lipinski definition) is 5. The van der Waals surface area contributed by atoms with Crippen molar-refractivity contribution in [1.82, 2.24) is 14.8 Å². The summed E-state index contributed by atoms with van der Waals surface area (Å²) in [4.78, 5) is 12.8. The van der Waals surface area contributed by atoms with E-state index < -0.39 is 0 Å². The number of halogens is 1. The van der Waals surface area contributed by atoms with Gasteiger partial charge in [0.15, 0.2) is 17.3 Å². The van der Waals surface area contributed by atoms with Gasteiger partial charge < -0.3 is 19.4 Å². The number of nitrogens with zero attached hydrogens (tertiary/aromatic N) is 3. The first-order valence-corrected chi connectivity index (χ1v) is 9.42. The molecule has 1 aromatic heterocycles. The molecule has 144 valence electrons. The maximum absolute atomic E-state index is 12.8. The second kappa shape index (κ2) is 7.90. The van der Waals surface area contributed by atoms with E-state index in [-0.39, 0.29) is 5.91 Å². The molecule has 0 saturated heterocycles. The van der Waals surface area contributed by atoms with Gasteiger partial charge in [-0.2, -0.15) is 0 Å². The van der Waals surface area contributed by atoms with Gasteiger partial charge in [-0.05, 0) is 31.2 Å². The lowest BCUT2D eigenvalue weighted by Crippen LogP contribution is -2.12. The molecule has 1 N–H and O–H groups in total. The van der Waals surface area contributed by atoms with E-state index in [2.05, 4.69) is 15.5 Å². The summed E-state index contributed by atoms with van der Waals surface area (Å²) in [7, 11) is 0. The maximum Gasteiger partial charge on any atom is 0.255 e. The molecule has 0 fully saturated rings. The van der Waals surface area contributed by atoms with Crippen molar-refractivity contribution in [2.75, 3.05) is 18.5 Å². The summed E-state index contributed by atoms with van der Waals surface area (Å²) < 4.78 is 13.2. The Kier molecular flexibility index (Phi) is 5.16. The van der Waals surface area contributed by atoms with Crippen LogP contribution in [0.15, 0.2) is 42.7 Å². The molecule has 0 unspecified atom stereocenters. The molecule has 1 aliphatic rings. The van der Waals surface area contributed by atoms with E-state index in [9.17, 15) is 4.79 Å². The zero-order valence-corrected chi connectivity index (χ0v) is 16.1. The number of amides is 1. The molecular formula is C20H19ClN4O3. The zero-order valence-electron chi connectivity index (χ0n) is 15.3. The summed E-state index contributed by atoms with van der Waals surface area (Å²) in [5, 5.41) is 11.4. The molecule has 2 aromatic carbocycles. The molecular weight excluding hydrogens is 380 g/mol. The van der Waals surface area contributed by atoms with Gasteiger partial charge in [-0.15, -0.1) is 10.2 Å². The van der Waals surface area contributed by atoms with Crippen LogP contribution in [-0.4, -0.2) is 33.9 Å². The Morgan fingerprint density at radius 3 is 2.96 bits per heavy atom. The second-order valence-electron chi connectivity index (χ2n) is 6.31. The largest absolute Gasteiger partial charge is 0.489 e. The number of aromatic nitrogens is 3. The van der Waals surface area contributed by atoms with Gasteiger partial charge >= 0.3 is 0 Å². The highest BCUT2D eigenvalue weighted by Crippen LogP contribution is 2.38. The Labute approximate surface area is 167 Å². The van der Waals surface area contributed by atoms with Crippen molar-refractivity contribution in [3.63, 3.8) is 0 Å². The van der Waals surface area contributed by atoms with E-state index in [0.717, 1.165) is 24.4 Å². The van der Waals surface area contributed by atoms with Gasteiger partial charge in [-0.25, -0.2) is 0 Å². The summed E-state index contributed by atoms with van der Waals surface area (Å²) in [6.07, 6.45) is 2.45. The number of carbonyl (C=O) groups excluding carboxylic acids is 1. The van der Waals surface area contributed by atoms with Crippen molar-refractivity contribution >= 4 is 23.2 Å². The quantitative estimate of drug-likeness (QED) is 0.717. The number of aryl methyl sites for hydroxylation is 1. The van der Waals surface area contributed by atoms with E-state index >= 15 is 0 Å². The molecule has 0 atom stereocenters. The number of nitrogens with one attached hydrogen (secondary N) is 1. The molecule has 3 aromatic rings. The van der Waals surface area contributed by atoms with Crippen LogP contribution in [0.2, 0.25) is 5.02 Å². The first-order valence-electron chi connectivity index (χ1n) is 9.04. The molecule has 1 amide bonds. The second-order valence-corrected chi connectivity index (χ2v) is 6.72. The molecule has 0 spiro atoms. The third kappa shape index (κ3) is 3.66. The molecule has 2 heterocycles. The van der Waals surface area contributed by atoms with Crippen LogP contribution < -0.4 is 14.8 Å². The van der Waals surface area contributed by atoms with Crippen LogP contribution in [0, 0.1) is 0 Å². The van der Waals surface area contributed by atoms with Crippen molar-refractivity contribution in [3.05, 3.63) is 53.3 Å². The fourth-order valence-corrected chi connectivity index (χ4v) is 3.28. The van der Waals surface area contributed by atoms with Crippen molar-refractivity contribution in [1.29, 1.82) is 0 Å². The lowest BCUT2D eigenvalue weighted by Gasteiger charge is -2.12. The molecule has 0 radical (unpaired) electrons. The van der Waals surface area contributed by atoms with Crippen LogP contribution in [0.25, 0.3) is 11.4 Å². The van der Waals surface area contributed by atoms with Crippen molar-refractivity contribution in [3.8, 4) is 22.9 Å². The van der Waals surface area contributed by atoms with E-state index in [4.69, 9.17) is 21.1 Å². The van der Waals surface area contributed by atoms with Gasteiger partial charge in [0.05, 0.1) is 18.2 Å². The Bertz CT molecular complexity index is 1020. The fraction of sp³-hybridized carbons (Fsp3) is 0.250. The van der Waals surface area contributed by atoms with Crippen LogP contribution in [0.1, 0.15) is 23.7 Å². The predicted molar refractivity (Wildman–Crippen MR) is 106 cm³/mol. The van der Waals surface area contributed by atoms with E-state index in [0.29, 0.717) is 41.0 Å². The number of benzene rings is 2. The van der Waals surface area contributed by atoms with Gasteiger partial charge in [0, 0.05) is 29.8 Å². The van der Waals surface area contributed by atoms with Crippen molar-refractivity contribution in [2.45, 2.75) is 19.9 Å². The van der Waals surface area contributed by atoms with Crippen LogP contribution in [0.3, 0.4) is 0 Å². The molecule has 28 heavy (non-hydrogen) atoms. The van der Waals surface area contributed by atoms with Crippen LogP contribution in [-0.2, 0) is 6.54 Å². The number of hydrogen-bond donors (Lipinski definition) is 1. The number of fused-ring (bicyclic) bond motifs is 1. The first kappa shape index (κ1) is 18.3. The van der Waals surface area contributed by atoms with Crippen LogP contribution >= 0.6 is 11.6 Å². The Balaban J connectivity index is 1.58. The van der Waals surface area contributed by atoms with Gasteiger partial charge in [0.1, 0.15) is 6.33 Å². The number of ether oxygens (including phenoxy) is 2. The predicted octanol–water partition coefficient (Wildman–Crippen LogP) is 4.03. The molecule has 8 heteroatoms. The van der Waals surface area contributed by atoms with E-state index in [1.165, 1.54) is 0 Å². The van der Waals surface area contributed by atoms with Gasteiger partial charge in [-0.1, -0.05) is 23.7 Å². The number of carbonyl (C=O) groups is 1. The molecule has 0 bridgehead atoms. The highest BCUT2D eigenvalue weighted by atomic mass is 35.5. The van der Waals surface area contributed by atoms with E-state index in [1.54, 1.807) is 18.5 Å². The van der Waals surface area contributed by atoms with Gasteiger partial charge in [0.2, 0.25) is 0 Å². The average molecular weight is 399 g/mol. The molecule has 0 aliphatic carbocycles. The monoisotopic (exact) mass is 398 g/mol. The lowest BCUT2D eigenvalue weighted by molar-refractivity contribution is 0.102. The lowest BCUT2D eigenvalue weighted by atomic mass is 10.1. The highest BCUT2D eigenvalue weighted by molar-refractivity contribution is 6.32. The summed E-state index contributed by atoms with van der Waals surface area (Å²) in [6.45, 7) is 3.84. The standard InChI is InChI=1S/C20H19ClN4O3/c1-2-25-12-22-24-19(25)13-5-3-6-15(9-13)23-20(26)14-10-16(21)18-17(11-14)27-7-4-8-28-18/h3,5-6,9-12H,2,4,7-8H2,1H3,(H,23,26). The van der Waals surface area contributed by atoms with Gasteiger partial charge in [-0.3, -0.25) is 4.79 Å². The maximum atomic E-state index is 12.8. The summed E-state index contributed by atoms with van der Waals surface area (Å²) in [5.74, 6) is 1.43. The first-order chi connectivity index (χ1) is 13.7. The summed E-state index contributed by atoms with van der Waals surface area (Å²) >= 11 is 6.29. The minimum Gasteiger partial charge on any atom is -0.489 e. The fourth-order valence-electron chi connectivity index (χ4n) is 3.01. The van der Waals surface area contributed by atoms with Crippen LogP contribution in [0.4, 0.5) is 5.69 Å². The molecule has 1 aliphatic heterocycles. The van der Waals surface area contributed by atoms with Crippen molar-refractivity contribution in [2.24, 2.45) is 0 Å². The van der Waals surface area contributed by atoms with Crippen molar-refractivity contribution < 1.29 is 14.3 Å². The summed E-state index contributed by atoms with van der Waals surface area (Å²) in [5.41, 5.74) is 1.92. The normalized spacial score (nSPS) is 13.1. The van der Waals surface area contributed by atoms with Gasteiger partial charge in [0.25, 0.3) is 5.91 Å². The average Bonchev–Trinajstić information content (AvgIpc) is 3.05. The number of anilines is 1. The Morgan fingerprint density at radius 1 is 1.25 bits per heavy atom. The zero-order chi connectivity index (χ0) is 19.5. The molecule has 7 nitrogen and oxygen atoms in total. The Hall–Kier alpha value is -3.06. The SMILES string of the molecule is CCn1cnnc1-c1cccc(NC(=O)c2cc(Cl)c3c(c2)OCCCO3)c1.